The van der Waals surface area contributed by atoms with Crippen LogP contribution >= 0.6 is 34.2 Å². The van der Waals surface area contributed by atoms with Crippen LogP contribution in [0.15, 0.2) is 42.5 Å². The van der Waals surface area contributed by atoms with Crippen molar-refractivity contribution in [1.82, 2.24) is 0 Å². The Kier molecular flexibility index (Phi) is 4.48. The van der Waals surface area contributed by atoms with Gasteiger partial charge in [-0.25, -0.2) is 0 Å². The van der Waals surface area contributed by atoms with E-state index < -0.39 is 0 Å². The van der Waals surface area contributed by atoms with Crippen LogP contribution in [0, 0.1) is 3.57 Å². The molecular weight excluding hydrogens is 361 g/mol. The van der Waals surface area contributed by atoms with Crippen LogP contribution in [0.2, 0.25) is 5.02 Å². The minimum Gasteiger partial charge on any atom is -0.456 e. The Morgan fingerprint density at radius 1 is 1.22 bits per heavy atom. The molecule has 0 aliphatic heterocycles. The second-order valence-corrected chi connectivity index (χ2v) is 5.69. The van der Waals surface area contributed by atoms with Gasteiger partial charge in [-0.3, -0.25) is 0 Å². The van der Waals surface area contributed by atoms with E-state index in [1.807, 2.05) is 49.4 Å². The molecule has 2 aromatic carbocycles. The molecular formula is C14H13ClINO. The van der Waals surface area contributed by atoms with Gasteiger partial charge in [0.2, 0.25) is 0 Å². The van der Waals surface area contributed by atoms with Gasteiger partial charge in [0.1, 0.15) is 11.5 Å². The average Bonchev–Trinajstić information content (AvgIpc) is 2.31. The van der Waals surface area contributed by atoms with Crippen molar-refractivity contribution < 1.29 is 4.74 Å². The fourth-order valence-corrected chi connectivity index (χ4v) is 2.28. The van der Waals surface area contributed by atoms with Gasteiger partial charge in [0.25, 0.3) is 0 Å². The van der Waals surface area contributed by atoms with Crippen molar-refractivity contribution in [2.75, 3.05) is 0 Å². The standard InChI is InChI=1S/C14H13ClINO/c1-9(17)10-5-6-14(13(15)7-10)18-12-4-2-3-11(16)8-12/h2-9H,17H2,1H3/t9-/m1/s1. The van der Waals surface area contributed by atoms with Crippen LogP contribution in [0.25, 0.3) is 0 Å². The molecule has 0 spiro atoms. The first-order chi connectivity index (χ1) is 8.56. The van der Waals surface area contributed by atoms with Crippen LogP contribution in [0.3, 0.4) is 0 Å². The van der Waals surface area contributed by atoms with E-state index in [9.17, 15) is 0 Å². The second kappa shape index (κ2) is 5.91. The highest BCUT2D eigenvalue weighted by Crippen LogP contribution is 2.31. The molecule has 0 saturated heterocycles. The molecule has 0 fully saturated rings. The summed E-state index contributed by atoms with van der Waals surface area (Å²) in [6.45, 7) is 1.92. The first-order valence-corrected chi connectivity index (χ1v) is 7.00. The third-order valence-electron chi connectivity index (χ3n) is 2.51. The third kappa shape index (κ3) is 3.37. The predicted molar refractivity (Wildman–Crippen MR) is 83.3 cm³/mol. The molecule has 0 aromatic heterocycles. The maximum atomic E-state index is 6.18. The molecule has 2 aromatic rings. The highest BCUT2D eigenvalue weighted by atomic mass is 127. The monoisotopic (exact) mass is 373 g/mol. The molecule has 0 aliphatic rings. The second-order valence-electron chi connectivity index (χ2n) is 4.04. The van der Waals surface area contributed by atoms with E-state index in [-0.39, 0.29) is 6.04 Å². The minimum absolute atomic E-state index is 0.0331. The average molecular weight is 374 g/mol. The summed E-state index contributed by atoms with van der Waals surface area (Å²) in [4.78, 5) is 0. The maximum Gasteiger partial charge on any atom is 0.146 e. The zero-order valence-electron chi connectivity index (χ0n) is 9.86. The van der Waals surface area contributed by atoms with E-state index in [1.54, 1.807) is 0 Å². The molecule has 2 rings (SSSR count). The van der Waals surface area contributed by atoms with Gasteiger partial charge < -0.3 is 10.5 Å². The number of rotatable bonds is 3. The molecule has 0 saturated carbocycles. The van der Waals surface area contributed by atoms with Gasteiger partial charge in [-0.2, -0.15) is 0 Å². The van der Waals surface area contributed by atoms with Gasteiger partial charge >= 0.3 is 0 Å². The molecule has 0 radical (unpaired) electrons. The van der Waals surface area contributed by atoms with Crippen molar-refractivity contribution in [3.63, 3.8) is 0 Å². The first kappa shape index (κ1) is 13.6. The molecule has 4 heteroatoms. The molecule has 0 heterocycles. The Morgan fingerprint density at radius 3 is 2.61 bits per heavy atom. The summed E-state index contributed by atoms with van der Waals surface area (Å²) < 4.78 is 6.87. The molecule has 2 nitrogen and oxygen atoms in total. The number of nitrogens with two attached hydrogens (primary N) is 1. The number of halogens is 2. The molecule has 18 heavy (non-hydrogen) atoms. The fraction of sp³-hybridized carbons (Fsp3) is 0.143. The number of hydrogen-bond acceptors (Lipinski definition) is 2. The van der Waals surface area contributed by atoms with E-state index in [0.29, 0.717) is 10.8 Å². The Morgan fingerprint density at radius 2 is 2.00 bits per heavy atom. The summed E-state index contributed by atoms with van der Waals surface area (Å²) in [5, 5.41) is 0.573. The molecule has 94 valence electrons. The van der Waals surface area contributed by atoms with Crippen LogP contribution in [-0.2, 0) is 0 Å². The molecule has 0 unspecified atom stereocenters. The Labute approximate surface area is 125 Å². The van der Waals surface area contributed by atoms with Crippen molar-refractivity contribution in [3.05, 3.63) is 56.6 Å². The lowest BCUT2D eigenvalue weighted by molar-refractivity contribution is 0.482. The SMILES string of the molecule is C[C@@H](N)c1ccc(Oc2cccc(I)c2)c(Cl)c1. The Balaban J connectivity index is 2.24. The van der Waals surface area contributed by atoms with Crippen molar-refractivity contribution in [1.29, 1.82) is 0 Å². The summed E-state index contributed by atoms with van der Waals surface area (Å²) in [6, 6.07) is 13.4. The summed E-state index contributed by atoms with van der Waals surface area (Å²) >= 11 is 8.42. The molecule has 2 N–H and O–H groups in total. The highest BCUT2D eigenvalue weighted by Gasteiger charge is 2.07. The van der Waals surface area contributed by atoms with E-state index in [1.165, 1.54) is 0 Å². The number of ether oxygens (including phenoxy) is 1. The lowest BCUT2D eigenvalue weighted by Crippen LogP contribution is -2.04. The van der Waals surface area contributed by atoms with E-state index in [4.69, 9.17) is 22.1 Å². The Hall–Kier alpha value is -0.780. The van der Waals surface area contributed by atoms with Gasteiger partial charge in [-0.05, 0) is 65.4 Å². The smallest absolute Gasteiger partial charge is 0.146 e. The first-order valence-electron chi connectivity index (χ1n) is 5.54. The van der Waals surface area contributed by atoms with E-state index in [2.05, 4.69) is 22.6 Å². The summed E-state index contributed by atoms with van der Waals surface area (Å²) in [6.07, 6.45) is 0. The minimum atomic E-state index is -0.0331. The van der Waals surface area contributed by atoms with Gasteiger partial charge in [0.15, 0.2) is 0 Å². The van der Waals surface area contributed by atoms with Gasteiger partial charge in [0.05, 0.1) is 5.02 Å². The zero-order valence-corrected chi connectivity index (χ0v) is 12.8. The van der Waals surface area contributed by atoms with Crippen molar-refractivity contribution in [2.45, 2.75) is 13.0 Å². The summed E-state index contributed by atoms with van der Waals surface area (Å²) in [5.74, 6) is 1.42. The van der Waals surface area contributed by atoms with Crippen LogP contribution in [0.5, 0.6) is 11.5 Å². The molecule has 0 bridgehead atoms. The molecule has 0 aliphatic carbocycles. The van der Waals surface area contributed by atoms with E-state index in [0.717, 1.165) is 14.9 Å². The highest BCUT2D eigenvalue weighted by molar-refractivity contribution is 14.1. The van der Waals surface area contributed by atoms with Crippen molar-refractivity contribution >= 4 is 34.2 Å². The van der Waals surface area contributed by atoms with Crippen molar-refractivity contribution in [2.24, 2.45) is 5.73 Å². The largest absolute Gasteiger partial charge is 0.456 e. The quantitative estimate of drug-likeness (QED) is 0.788. The predicted octanol–water partition coefficient (Wildman–Crippen LogP) is 4.76. The van der Waals surface area contributed by atoms with E-state index >= 15 is 0 Å². The normalized spacial score (nSPS) is 12.2. The van der Waals surface area contributed by atoms with Gasteiger partial charge in [0, 0.05) is 9.61 Å². The number of benzene rings is 2. The molecule has 1 atom stereocenters. The lowest BCUT2D eigenvalue weighted by atomic mass is 10.1. The van der Waals surface area contributed by atoms with Crippen LogP contribution < -0.4 is 10.5 Å². The topological polar surface area (TPSA) is 35.2 Å². The van der Waals surface area contributed by atoms with Crippen molar-refractivity contribution in [3.8, 4) is 11.5 Å². The lowest BCUT2D eigenvalue weighted by Gasteiger charge is -2.11. The number of hydrogen-bond donors (Lipinski definition) is 1. The third-order valence-corrected chi connectivity index (χ3v) is 3.47. The molecule has 0 amide bonds. The Bertz CT molecular complexity index is 557. The van der Waals surface area contributed by atoms with Crippen LogP contribution in [0.1, 0.15) is 18.5 Å². The zero-order chi connectivity index (χ0) is 13.1. The van der Waals surface area contributed by atoms with Gasteiger partial charge in [-0.1, -0.05) is 23.7 Å². The maximum absolute atomic E-state index is 6.18. The summed E-state index contributed by atoms with van der Waals surface area (Å²) in [5.41, 5.74) is 6.80. The van der Waals surface area contributed by atoms with Crippen LogP contribution in [-0.4, -0.2) is 0 Å². The summed E-state index contributed by atoms with van der Waals surface area (Å²) in [7, 11) is 0. The van der Waals surface area contributed by atoms with Gasteiger partial charge in [-0.15, -0.1) is 0 Å². The fourth-order valence-electron chi connectivity index (χ4n) is 1.54. The van der Waals surface area contributed by atoms with Crippen LogP contribution in [0.4, 0.5) is 0 Å².